The topological polar surface area (TPSA) is 90.1 Å². The van der Waals surface area contributed by atoms with Gasteiger partial charge >= 0.3 is 12.0 Å². The zero-order chi connectivity index (χ0) is 8.10. The van der Waals surface area contributed by atoms with Gasteiger partial charge in [-0.2, -0.15) is 5.48 Å². The average molecular weight is 154 g/mol. The van der Waals surface area contributed by atoms with E-state index in [1.165, 1.54) is 12.4 Å². The fourth-order valence-electron chi connectivity index (χ4n) is 0.434. The molecule has 6 heteroatoms. The van der Waals surface area contributed by atoms with Crippen molar-refractivity contribution in [2.24, 2.45) is 5.73 Å². The summed E-state index contributed by atoms with van der Waals surface area (Å²) in [6.07, 6.45) is 2.95. The van der Waals surface area contributed by atoms with E-state index in [0.717, 1.165) is 0 Å². The second-order valence-corrected chi connectivity index (χ2v) is 1.60. The van der Waals surface area contributed by atoms with Gasteiger partial charge in [-0.1, -0.05) is 0 Å². The minimum Gasteiger partial charge on any atom is -0.349 e. The molecule has 0 atom stereocenters. The van der Waals surface area contributed by atoms with Crippen molar-refractivity contribution < 1.29 is 9.63 Å². The molecule has 1 aromatic heterocycles. The maximum Gasteiger partial charge on any atom is 0.345 e. The number of nitrogens with zero attached hydrogens (tertiary/aromatic N) is 2. The Morgan fingerprint density at radius 1 is 1.55 bits per heavy atom. The van der Waals surface area contributed by atoms with Crippen LogP contribution in [0.3, 0.4) is 0 Å². The summed E-state index contributed by atoms with van der Waals surface area (Å²) in [6, 6.07) is 0.876. The Morgan fingerprint density at radius 2 is 2.18 bits per heavy atom. The van der Waals surface area contributed by atoms with Crippen LogP contribution in [0, 0.1) is 0 Å². The Hall–Kier alpha value is -1.85. The molecule has 0 aromatic carbocycles. The number of primary amides is 1. The van der Waals surface area contributed by atoms with Gasteiger partial charge in [-0.15, -0.1) is 0 Å². The second kappa shape index (κ2) is 3.35. The van der Waals surface area contributed by atoms with Gasteiger partial charge < -0.3 is 10.6 Å². The third kappa shape index (κ3) is 2.48. The number of nitrogens with one attached hydrogen (secondary N) is 1. The molecule has 1 heterocycles. The van der Waals surface area contributed by atoms with E-state index in [2.05, 4.69) is 14.8 Å². The van der Waals surface area contributed by atoms with Crippen LogP contribution in [0.2, 0.25) is 0 Å². The number of hydroxylamine groups is 1. The molecular weight excluding hydrogens is 148 g/mol. The first-order valence-electron chi connectivity index (χ1n) is 2.78. The Kier molecular flexibility index (Phi) is 2.21. The molecule has 0 unspecified atom stereocenters. The minimum atomic E-state index is -0.794. The van der Waals surface area contributed by atoms with Gasteiger partial charge in [-0.3, -0.25) is 0 Å². The largest absolute Gasteiger partial charge is 0.349 e. The van der Waals surface area contributed by atoms with Crippen LogP contribution in [0.1, 0.15) is 0 Å². The number of nitrogens with two attached hydrogens (primary N) is 1. The molecule has 0 aliphatic rings. The van der Waals surface area contributed by atoms with Gasteiger partial charge in [0.2, 0.25) is 0 Å². The van der Waals surface area contributed by atoms with Gasteiger partial charge in [0, 0.05) is 12.4 Å². The summed E-state index contributed by atoms with van der Waals surface area (Å²) in [4.78, 5) is 21.9. The molecule has 6 nitrogen and oxygen atoms in total. The van der Waals surface area contributed by atoms with E-state index in [-0.39, 0.29) is 6.01 Å². The molecule has 1 rings (SSSR count). The van der Waals surface area contributed by atoms with Crippen molar-refractivity contribution in [3.63, 3.8) is 0 Å². The summed E-state index contributed by atoms with van der Waals surface area (Å²) >= 11 is 0. The van der Waals surface area contributed by atoms with Crippen molar-refractivity contribution in [1.29, 1.82) is 0 Å². The van der Waals surface area contributed by atoms with E-state index in [1.54, 1.807) is 6.07 Å². The van der Waals surface area contributed by atoms with E-state index in [1.807, 2.05) is 5.48 Å². The lowest BCUT2D eigenvalue weighted by Gasteiger charge is -1.99. The van der Waals surface area contributed by atoms with Crippen molar-refractivity contribution in [3.8, 4) is 6.01 Å². The SMILES string of the molecule is NC(=O)NOc1ncccn1. The van der Waals surface area contributed by atoms with Crippen molar-refractivity contribution in [2.45, 2.75) is 0 Å². The van der Waals surface area contributed by atoms with Crippen LogP contribution in [-0.4, -0.2) is 16.0 Å². The fraction of sp³-hybridized carbons (Fsp3) is 0. The Balaban J connectivity index is 2.45. The third-order valence-corrected chi connectivity index (χ3v) is 0.785. The van der Waals surface area contributed by atoms with Crippen LogP contribution in [0.25, 0.3) is 0 Å². The van der Waals surface area contributed by atoms with Crippen LogP contribution >= 0.6 is 0 Å². The number of carbonyl (C=O) groups is 1. The molecular formula is C5H6N4O2. The van der Waals surface area contributed by atoms with Crippen LogP contribution in [0.5, 0.6) is 6.01 Å². The Labute approximate surface area is 62.4 Å². The highest BCUT2D eigenvalue weighted by atomic mass is 16.7. The normalized spacial score (nSPS) is 8.73. The number of aromatic nitrogens is 2. The van der Waals surface area contributed by atoms with E-state index < -0.39 is 6.03 Å². The van der Waals surface area contributed by atoms with E-state index >= 15 is 0 Å². The van der Waals surface area contributed by atoms with Gasteiger partial charge in [-0.25, -0.2) is 14.8 Å². The Bertz CT molecular complexity index is 237. The zero-order valence-electron chi connectivity index (χ0n) is 5.52. The summed E-state index contributed by atoms with van der Waals surface area (Å²) in [7, 11) is 0. The van der Waals surface area contributed by atoms with Crippen molar-refractivity contribution in [3.05, 3.63) is 18.5 Å². The first-order valence-corrected chi connectivity index (χ1v) is 2.78. The molecule has 11 heavy (non-hydrogen) atoms. The standard InChI is InChI=1S/C5H6N4O2/c6-4(10)9-11-5-7-2-1-3-8-5/h1-3H,(H3,6,9,10). The number of rotatable bonds is 2. The predicted molar refractivity (Wildman–Crippen MR) is 35.4 cm³/mol. The molecule has 1 aromatic rings. The number of hydrogen-bond acceptors (Lipinski definition) is 4. The molecule has 0 saturated heterocycles. The summed E-state index contributed by atoms with van der Waals surface area (Å²) in [6.45, 7) is 0. The van der Waals surface area contributed by atoms with Crippen LogP contribution in [-0.2, 0) is 0 Å². The quantitative estimate of drug-likeness (QED) is 0.558. The maximum atomic E-state index is 10.1. The van der Waals surface area contributed by atoms with E-state index in [0.29, 0.717) is 0 Å². The van der Waals surface area contributed by atoms with Gasteiger partial charge in [0.25, 0.3) is 0 Å². The predicted octanol–water partition coefficient (Wildman–Crippen LogP) is -0.561. The molecule has 3 N–H and O–H groups in total. The average Bonchev–Trinajstić information content (AvgIpc) is 2.03. The summed E-state index contributed by atoms with van der Waals surface area (Å²) < 4.78 is 0. The zero-order valence-corrected chi connectivity index (χ0v) is 5.52. The van der Waals surface area contributed by atoms with Crippen molar-refractivity contribution in [2.75, 3.05) is 0 Å². The summed E-state index contributed by atoms with van der Waals surface area (Å²) in [5.41, 5.74) is 6.59. The number of hydrogen-bond donors (Lipinski definition) is 2. The van der Waals surface area contributed by atoms with E-state index in [4.69, 9.17) is 5.73 Å². The molecule has 0 spiro atoms. The van der Waals surface area contributed by atoms with Crippen LogP contribution in [0.15, 0.2) is 18.5 Å². The second-order valence-electron chi connectivity index (χ2n) is 1.60. The lowest BCUT2D eigenvalue weighted by Crippen LogP contribution is -2.32. The molecule has 58 valence electrons. The van der Waals surface area contributed by atoms with Gasteiger partial charge in [0.05, 0.1) is 0 Å². The number of carbonyl (C=O) groups excluding carboxylic acids is 1. The maximum absolute atomic E-state index is 10.1. The third-order valence-electron chi connectivity index (χ3n) is 0.785. The Morgan fingerprint density at radius 3 is 2.73 bits per heavy atom. The van der Waals surface area contributed by atoms with Crippen LogP contribution in [0.4, 0.5) is 4.79 Å². The van der Waals surface area contributed by atoms with Crippen LogP contribution < -0.4 is 16.1 Å². The molecule has 0 bridgehead atoms. The van der Waals surface area contributed by atoms with Gasteiger partial charge in [0.1, 0.15) is 0 Å². The summed E-state index contributed by atoms with van der Waals surface area (Å²) in [5.74, 6) is 0. The highest BCUT2D eigenvalue weighted by Crippen LogP contribution is 1.93. The first kappa shape index (κ1) is 7.26. The van der Waals surface area contributed by atoms with Crippen molar-refractivity contribution >= 4 is 6.03 Å². The van der Waals surface area contributed by atoms with Gasteiger partial charge in [-0.05, 0) is 6.07 Å². The first-order chi connectivity index (χ1) is 5.29. The minimum absolute atomic E-state index is 0.0475. The number of amides is 2. The molecule has 0 saturated carbocycles. The summed E-state index contributed by atoms with van der Waals surface area (Å²) in [5, 5.41) is 0. The smallest absolute Gasteiger partial charge is 0.345 e. The fourth-order valence-corrected chi connectivity index (χ4v) is 0.434. The lowest BCUT2D eigenvalue weighted by molar-refractivity contribution is 0.175. The highest BCUT2D eigenvalue weighted by molar-refractivity contribution is 5.70. The molecule has 0 aliphatic heterocycles. The molecule has 0 fully saturated rings. The van der Waals surface area contributed by atoms with Crippen molar-refractivity contribution in [1.82, 2.24) is 15.4 Å². The van der Waals surface area contributed by atoms with Gasteiger partial charge in [0.15, 0.2) is 0 Å². The monoisotopic (exact) mass is 154 g/mol. The van der Waals surface area contributed by atoms with E-state index in [9.17, 15) is 4.79 Å². The molecule has 0 radical (unpaired) electrons. The lowest BCUT2D eigenvalue weighted by atomic mass is 10.7. The molecule has 0 aliphatic carbocycles. The highest BCUT2D eigenvalue weighted by Gasteiger charge is 1.95. The molecule has 2 amide bonds. The number of urea groups is 1.